The van der Waals surface area contributed by atoms with Crippen LogP contribution in [0.3, 0.4) is 0 Å². The van der Waals surface area contributed by atoms with Crippen LogP contribution in [0.15, 0.2) is 4.47 Å². The molecule has 0 saturated carbocycles. The van der Waals surface area contributed by atoms with Crippen LogP contribution in [0.25, 0.3) is 0 Å². The van der Waals surface area contributed by atoms with Crippen LogP contribution in [0.2, 0.25) is 0 Å². The maximum absolute atomic E-state index is 5.21. The van der Waals surface area contributed by atoms with Crippen LogP contribution < -0.4 is 0 Å². The SMILES string of the molecule is CCCc1[nH]c(CSCC)nc(=S)c1Br. The summed E-state index contributed by atoms with van der Waals surface area (Å²) in [5.41, 5.74) is 1.17. The molecule has 0 aromatic carbocycles. The Bertz CT molecular complexity index is 376. The molecule has 0 bridgehead atoms. The minimum atomic E-state index is 0.670. The molecule has 0 aliphatic carbocycles. The van der Waals surface area contributed by atoms with Gasteiger partial charge in [0.05, 0.1) is 10.2 Å². The molecule has 0 aliphatic rings. The van der Waals surface area contributed by atoms with Gasteiger partial charge >= 0.3 is 0 Å². The first kappa shape index (κ1) is 13.2. The Labute approximate surface area is 108 Å². The Morgan fingerprint density at radius 2 is 2.20 bits per heavy atom. The molecule has 2 nitrogen and oxygen atoms in total. The van der Waals surface area contributed by atoms with Gasteiger partial charge in [-0.1, -0.05) is 32.5 Å². The summed E-state index contributed by atoms with van der Waals surface area (Å²) < 4.78 is 1.62. The predicted molar refractivity (Wildman–Crippen MR) is 73.0 cm³/mol. The first-order valence-corrected chi connectivity index (χ1v) is 7.39. The van der Waals surface area contributed by atoms with Crippen LogP contribution in [0.5, 0.6) is 0 Å². The van der Waals surface area contributed by atoms with Gasteiger partial charge in [0.2, 0.25) is 0 Å². The summed E-state index contributed by atoms with van der Waals surface area (Å²) in [4.78, 5) is 7.69. The third-order valence-corrected chi connectivity index (χ3v) is 4.23. The molecule has 1 rings (SSSR count). The third kappa shape index (κ3) is 3.89. The third-order valence-electron chi connectivity index (χ3n) is 1.93. The first-order valence-electron chi connectivity index (χ1n) is 5.04. The van der Waals surface area contributed by atoms with E-state index >= 15 is 0 Å². The van der Waals surface area contributed by atoms with E-state index in [0.29, 0.717) is 4.64 Å². The lowest BCUT2D eigenvalue weighted by Crippen LogP contribution is -2.00. The number of H-pyrrole nitrogens is 1. The predicted octanol–water partition coefficient (Wildman–Crippen LogP) is 4.11. The quantitative estimate of drug-likeness (QED) is 0.830. The Morgan fingerprint density at radius 3 is 2.80 bits per heavy atom. The number of nitrogens with zero attached hydrogens (tertiary/aromatic N) is 1. The van der Waals surface area contributed by atoms with E-state index < -0.39 is 0 Å². The summed E-state index contributed by atoms with van der Waals surface area (Å²) in [5, 5.41) is 0. The number of hydrogen-bond acceptors (Lipinski definition) is 3. The number of halogens is 1. The number of nitrogens with one attached hydrogen (secondary N) is 1. The van der Waals surface area contributed by atoms with Gasteiger partial charge in [0.25, 0.3) is 0 Å². The molecule has 0 saturated heterocycles. The summed E-state index contributed by atoms with van der Waals surface area (Å²) in [6.45, 7) is 4.30. The molecule has 0 spiro atoms. The van der Waals surface area contributed by atoms with Crippen LogP contribution >= 0.6 is 39.9 Å². The zero-order chi connectivity index (χ0) is 11.3. The van der Waals surface area contributed by atoms with E-state index in [-0.39, 0.29) is 0 Å². The molecule has 0 atom stereocenters. The second kappa shape index (κ2) is 6.66. The van der Waals surface area contributed by atoms with Crippen LogP contribution in [0.4, 0.5) is 0 Å². The fourth-order valence-corrected chi connectivity index (χ4v) is 2.40. The fraction of sp³-hybridized carbons (Fsp3) is 0.600. The highest BCUT2D eigenvalue weighted by atomic mass is 79.9. The molecule has 84 valence electrons. The summed E-state index contributed by atoms with van der Waals surface area (Å²) in [5.74, 6) is 2.99. The van der Waals surface area contributed by atoms with Crippen molar-refractivity contribution in [2.45, 2.75) is 32.4 Å². The van der Waals surface area contributed by atoms with Crippen molar-refractivity contribution in [3.63, 3.8) is 0 Å². The molecule has 1 aromatic heterocycles. The molecule has 0 fully saturated rings. The fourth-order valence-electron chi connectivity index (χ4n) is 1.25. The molecule has 0 amide bonds. The lowest BCUT2D eigenvalue weighted by atomic mass is 10.2. The van der Waals surface area contributed by atoms with Crippen molar-refractivity contribution < 1.29 is 0 Å². The number of aromatic amines is 1. The number of hydrogen-bond donors (Lipinski definition) is 1. The van der Waals surface area contributed by atoms with Crippen molar-refractivity contribution in [2.24, 2.45) is 0 Å². The molecule has 1 aromatic rings. The molecule has 15 heavy (non-hydrogen) atoms. The van der Waals surface area contributed by atoms with Crippen LogP contribution in [0, 0.1) is 4.64 Å². The van der Waals surface area contributed by atoms with Crippen LogP contribution in [-0.4, -0.2) is 15.7 Å². The summed E-state index contributed by atoms with van der Waals surface area (Å²) in [6.07, 6.45) is 2.12. The van der Waals surface area contributed by atoms with Crippen molar-refractivity contribution >= 4 is 39.9 Å². The van der Waals surface area contributed by atoms with Gasteiger partial charge in [0.1, 0.15) is 10.5 Å². The van der Waals surface area contributed by atoms with E-state index in [0.717, 1.165) is 34.6 Å². The Kier molecular flexibility index (Phi) is 5.86. The lowest BCUT2D eigenvalue weighted by Gasteiger charge is -2.06. The van der Waals surface area contributed by atoms with E-state index in [9.17, 15) is 0 Å². The van der Waals surface area contributed by atoms with Crippen molar-refractivity contribution in [1.29, 1.82) is 0 Å². The van der Waals surface area contributed by atoms with E-state index in [4.69, 9.17) is 12.2 Å². The molecule has 1 N–H and O–H groups in total. The molecule has 0 radical (unpaired) electrons. The van der Waals surface area contributed by atoms with Gasteiger partial charge in [-0.05, 0) is 28.1 Å². The summed E-state index contributed by atoms with van der Waals surface area (Å²) in [7, 11) is 0. The zero-order valence-electron chi connectivity index (χ0n) is 8.97. The highest BCUT2D eigenvalue weighted by molar-refractivity contribution is 9.10. The van der Waals surface area contributed by atoms with Crippen molar-refractivity contribution in [1.82, 2.24) is 9.97 Å². The standard InChI is InChI=1S/C10H15BrN2S2/c1-3-5-7-9(11)10(14)13-8(12-7)6-15-4-2/h3-6H2,1-2H3,(H,12,13,14). The second-order valence-electron chi connectivity index (χ2n) is 3.17. The van der Waals surface area contributed by atoms with Gasteiger partial charge in [-0.15, -0.1) is 0 Å². The maximum Gasteiger partial charge on any atom is 0.144 e. The number of rotatable bonds is 5. The Hall–Kier alpha value is 0.130. The first-order chi connectivity index (χ1) is 7.19. The highest BCUT2D eigenvalue weighted by Gasteiger charge is 2.05. The average Bonchev–Trinajstić information content (AvgIpc) is 2.22. The monoisotopic (exact) mass is 306 g/mol. The second-order valence-corrected chi connectivity index (χ2v) is 5.62. The lowest BCUT2D eigenvalue weighted by molar-refractivity contribution is 0.842. The molecule has 0 aliphatic heterocycles. The topological polar surface area (TPSA) is 28.7 Å². The highest BCUT2D eigenvalue weighted by Crippen LogP contribution is 2.18. The minimum absolute atomic E-state index is 0.670. The van der Waals surface area contributed by atoms with E-state index in [1.165, 1.54) is 5.69 Å². The molecular formula is C10H15BrN2S2. The van der Waals surface area contributed by atoms with E-state index in [2.05, 4.69) is 39.7 Å². The van der Waals surface area contributed by atoms with Gasteiger partial charge in [-0.3, -0.25) is 0 Å². The van der Waals surface area contributed by atoms with Gasteiger partial charge in [0.15, 0.2) is 0 Å². The maximum atomic E-state index is 5.21. The number of aromatic nitrogens is 2. The van der Waals surface area contributed by atoms with Crippen LogP contribution in [0.1, 0.15) is 31.8 Å². The van der Waals surface area contributed by atoms with Crippen molar-refractivity contribution in [3.05, 3.63) is 20.6 Å². The largest absolute Gasteiger partial charge is 0.345 e. The molecular weight excluding hydrogens is 292 g/mol. The van der Waals surface area contributed by atoms with Crippen molar-refractivity contribution in [2.75, 3.05) is 5.75 Å². The number of thioether (sulfide) groups is 1. The molecule has 1 heterocycles. The van der Waals surface area contributed by atoms with Gasteiger partial charge in [-0.2, -0.15) is 11.8 Å². The zero-order valence-corrected chi connectivity index (χ0v) is 12.2. The van der Waals surface area contributed by atoms with E-state index in [1.54, 1.807) is 0 Å². The summed E-state index contributed by atoms with van der Waals surface area (Å²) in [6, 6.07) is 0. The van der Waals surface area contributed by atoms with Gasteiger partial charge in [0, 0.05) is 5.69 Å². The van der Waals surface area contributed by atoms with Gasteiger partial charge < -0.3 is 4.98 Å². The Balaban J connectivity index is 2.95. The number of aryl methyl sites for hydroxylation is 1. The molecule has 5 heteroatoms. The van der Waals surface area contributed by atoms with E-state index in [1.807, 2.05) is 11.8 Å². The van der Waals surface area contributed by atoms with Crippen LogP contribution in [-0.2, 0) is 12.2 Å². The molecule has 0 unspecified atom stereocenters. The average molecular weight is 307 g/mol. The van der Waals surface area contributed by atoms with Gasteiger partial charge in [-0.25, -0.2) is 4.98 Å². The normalized spacial score (nSPS) is 10.6. The smallest absolute Gasteiger partial charge is 0.144 e. The summed E-state index contributed by atoms with van der Waals surface area (Å²) >= 11 is 10.5. The minimum Gasteiger partial charge on any atom is -0.345 e. The van der Waals surface area contributed by atoms with Crippen molar-refractivity contribution in [3.8, 4) is 0 Å². The Morgan fingerprint density at radius 1 is 1.47 bits per heavy atom.